The van der Waals surface area contributed by atoms with Crippen LogP contribution in [0.15, 0.2) is 42.5 Å². The lowest BCUT2D eigenvalue weighted by Gasteiger charge is -2.11. The van der Waals surface area contributed by atoms with E-state index in [1.165, 1.54) is 16.7 Å². The largest absolute Gasteiger partial charge is 0.495 e. The fourth-order valence-electron chi connectivity index (χ4n) is 2.16. The maximum absolute atomic E-state index is 5.32. The summed E-state index contributed by atoms with van der Waals surface area (Å²) in [4.78, 5) is 0. The predicted octanol–water partition coefficient (Wildman–Crippen LogP) is 3.92. The van der Waals surface area contributed by atoms with Gasteiger partial charge in [-0.3, -0.25) is 0 Å². The molecule has 2 aromatic rings. The van der Waals surface area contributed by atoms with Gasteiger partial charge in [0.05, 0.1) is 12.8 Å². The number of aryl methyl sites for hydroxylation is 2. The number of benzene rings is 2. The van der Waals surface area contributed by atoms with Gasteiger partial charge in [-0.1, -0.05) is 41.5 Å². The van der Waals surface area contributed by atoms with Crippen molar-refractivity contribution in [3.05, 3.63) is 59.2 Å². The van der Waals surface area contributed by atoms with Crippen LogP contribution in [0.3, 0.4) is 0 Å². The third-order valence-corrected chi connectivity index (χ3v) is 2.87. The lowest BCUT2D eigenvalue weighted by Crippen LogP contribution is -2.01. The molecule has 2 nitrogen and oxygen atoms in total. The van der Waals surface area contributed by atoms with Gasteiger partial charge in [0.1, 0.15) is 5.75 Å². The lowest BCUT2D eigenvalue weighted by atomic mass is 10.1. The van der Waals surface area contributed by atoms with E-state index in [1.807, 2.05) is 24.3 Å². The molecule has 94 valence electrons. The highest BCUT2D eigenvalue weighted by molar-refractivity contribution is 5.56. The first-order valence-electron chi connectivity index (χ1n) is 6.13. The molecule has 2 aromatic carbocycles. The van der Waals surface area contributed by atoms with Gasteiger partial charge >= 0.3 is 0 Å². The van der Waals surface area contributed by atoms with E-state index in [2.05, 4.69) is 37.4 Å². The number of hydrogen-bond donors (Lipinski definition) is 1. The van der Waals surface area contributed by atoms with Crippen molar-refractivity contribution in [3.8, 4) is 5.75 Å². The third kappa shape index (κ3) is 3.04. The fourth-order valence-corrected chi connectivity index (χ4v) is 2.16. The number of rotatable bonds is 4. The van der Waals surface area contributed by atoms with Crippen molar-refractivity contribution in [3.63, 3.8) is 0 Å². The summed E-state index contributed by atoms with van der Waals surface area (Å²) < 4.78 is 5.32. The topological polar surface area (TPSA) is 21.3 Å². The van der Waals surface area contributed by atoms with Crippen molar-refractivity contribution in [2.24, 2.45) is 0 Å². The Morgan fingerprint density at radius 2 is 1.67 bits per heavy atom. The van der Waals surface area contributed by atoms with E-state index in [1.54, 1.807) is 7.11 Å². The quantitative estimate of drug-likeness (QED) is 0.875. The lowest BCUT2D eigenvalue weighted by molar-refractivity contribution is 0.416. The molecule has 0 fully saturated rings. The normalized spacial score (nSPS) is 10.2. The van der Waals surface area contributed by atoms with Crippen LogP contribution in [0, 0.1) is 13.8 Å². The molecule has 2 heteroatoms. The van der Waals surface area contributed by atoms with Crippen molar-refractivity contribution in [2.45, 2.75) is 20.4 Å². The second-order valence-corrected chi connectivity index (χ2v) is 4.55. The molecule has 18 heavy (non-hydrogen) atoms. The van der Waals surface area contributed by atoms with Crippen LogP contribution in [0.4, 0.5) is 5.69 Å². The van der Waals surface area contributed by atoms with Crippen molar-refractivity contribution in [2.75, 3.05) is 12.4 Å². The number of anilines is 1. The SMILES string of the molecule is COc1ccccc1NCc1cc(C)cc(C)c1. The Bertz CT molecular complexity index is 514. The van der Waals surface area contributed by atoms with Gasteiger partial charge in [0.15, 0.2) is 0 Å². The first-order valence-corrected chi connectivity index (χ1v) is 6.13. The Kier molecular flexibility index (Phi) is 3.88. The second kappa shape index (κ2) is 5.58. The van der Waals surface area contributed by atoms with Gasteiger partial charge in [0, 0.05) is 6.54 Å². The summed E-state index contributed by atoms with van der Waals surface area (Å²) in [5, 5.41) is 3.41. The van der Waals surface area contributed by atoms with Crippen LogP contribution in [-0.4, -0.2) is 7.11 Å². The minimum atomic E-state index is 0.808. The molecule has 0 heterocycles. The molecule has 0 saturated carbocycles. The molecule has 0 unspecified atom stereocenters. The zero-order valence-electron chi connectivity index (χ0n) is 11.2. The summed E-state index contributed by atoms with van der Waals surface area (Å²) in [6.45, 7) is 5.06. The molecule has 0 saturated heterocycles. The van der Waals surface area contributed by atoms with Gasteiger partial charge in [-0.2, -0.15) is 0 Å². The number of hydrogen-bond acceptors (Lipinski definition) is 2. The van der Waals surface area contributed by atoms with Crippen LogP contribution < -0.4 is 10.1 Å². The highest BCUT2D eigenvalue weighted by atomic mass is 16.5. The second-order valence-electron chi connectivity index (χ2n) is 4.55. The number of nitrogens with one attached hydrogen (secondary N) is 1. The Balaban J connectivity index is 2.11. The van der Waals surface area contributed by atoms with Crippen LogP contribution >= 0.6 is 0 Å². The monoisotopic (exact) mass is 241 g/mol. The average Bonchev–Trinajstić information content (AvgIpc) is 2.35. The molecule has 0 radical (unpaired) electrons. The average molecular weight is 241 g/mol. The molecule has 0 aliphatic heterocycles. The molecule has 2 rings (SSSR count). The summed E-state index contributed by atoms with van der Waals surface area (Å²) in [5.74, 6) is 0.877. The van der Waals surface area contributed by atoms with Crippen molar-refractivity contribution >= 4 is 5.69 Å². The van der Waals surface area contributed by atoms with E-state index in [-0.39, 0.29) is 0 Å². The summed E-state index contributed by atoms with van der Waals surface area (Å²) in [5.41, 5.74) is 4.91. The van der Waals surface area contributed by atoms with E-state index in [0.717, 1.165) is 18.0 Å². The molecule has 0 atom stereocenters. The standard InChI is InChI=1S/C16H19NO/c1-12-8-13(2)10-14(9-12)11-17-15-6-4-5-7-16(15)18-3/h4-10,17H,11H2,1-3H3. The molecule has 0 spiro atoms. The smallest absolute Gasteiger partial charge is 0.141 e. The molecular weight excluding hydrogens is 222 g/mol. The number of para-hydroxylation sites is 2. The molecule has 0 aliphatic carbocycles. The van der Waals surface area contributed by atoms with Crippen LogP contribution in [0.2, 0.25) is 0 Å². The van der Waals surface area contributed by atoms with E-state index in [0.29, 0.717) is 0 Å². The van der Waals surface area contributed by atoms with E-state index in [9.17, 15) is 0 Å². The van der Waals surface area contributed by atoms with Gasteiger partial charge in [-0.25, -0.2) is 0 Å². The zero-order valence-corrected chi connectivity index (χ0v) is 11.2. The predicted molar refractivity (Wildman–Crippen MR) is 76.2 cm³/mol. The Morgan fingerprint density at radius 3 is 2.33 bits per heavy atom. The Hall–Kier alpha value is -1.96. The first-order chi connectivity index (χ1) is 8.69. The van der Waals surface area contributed by atoms with E-state index >= 15 is 0 Å². The molecular formula is C16H19NO. The van der Waals surface area contributed by atoms with Crippen LogP contribution in [0.5, 0.6) is 5.75 Å². The van der Waals surface area contributed by atoms with Crippen LogP contribution in [0.1, 0.15) is 16.7 Å². The summed E-state index contributed by atoms with van der Waals surface area (Å²) in [6.07, 6.45) is 0. The number of ether oxygens (including phenoxy) is 1. The fraction of sp³-hybridized carbons (Fsp3) is 0.250. The number of methoxy groups -OCH3 is 1. The Labute approximate surface area is 109 Å². The third-order valence-electron chi connectivity index (χ3n) is 2.87. The minimum Gasteiger partial charge on any atom is -0.495 e. The maximum Gasteiger partial charge on any atom is 0.141 e. The van der Waals surface area contributed by atoms with E-state index in [4.69, 9.17) is 4.74 Å². The summed E-state index contributed by atoms with van der Waals surface area (Å²) in [6, 6.07) is 14.6. The van der Waals surface area contributed by atoms with Gasteiger partial charge in [0.25, 0.3) is 0 Å². The van der Waals surface area contributed by atoms with Crippen molar-refractivity contribution < 1.29 is 4.74 Å². The summed E-state index contributed by atoms with van der Waals surface area (Å²) in [7, 11) is 1.69. The highest BCUT2D eigenvalue weighted by Gasteiger charge is 2.01. The molecule has 0 amide bonds. The maximum atomic E-state index is 5.32. The van der Waals surface area contributed by atoms with Crippen LogP contribution in [-0.2, 0) is 6.54 Å². The molecule has 0 aliphatic rings. The summed E-state index contributed by atoms with van der Waals surface area (Å²) >= 11 is 0. The molecule has 0 aromatic heterocycles. The highest BCUT2D eigenvalue weighted by Crippen LogP contribution is 2.23. The molecule has 1 N–H and O–H groups in total. The minimum absolute atomic E-state index is 0.808. The van der Waals surface area contributed by atoms with Crippen molar-refractivity contribution in [1.82, 2.24) is 0 Å². The zero-order chi connectivity index (χ0) is 13.0. The van der Waals surface area contributed by atoms with Gasteiger partial charge in [-0.05, 0) is 31.5 Å². The van der Waals surface area contributed by atoms with Crippen molar-refractivity contribution in [1.29, 1.82) is 0 Å². The van der Waals surface area contributed by atoms with Gasteiger partial charge < -0.3 is 10.1 Å². The Morgan fingerprint density at radius 1 is 1.00 bits per heavy atom. The van der Waals surface area contributed by atoms with Gasteiger partial charge in [-0.15, -0.1) is 0 Å². The molecule has 0 bridgehead atoms. The van der Waals surface area contributed by atoms with Crippen LogP contribution in [0.25, 0.3) is 0 Å². The first kappa shape index (κ1) is 12.5. The van der Waals surface area contributed by atoms with E-state index < -0.39 is 0 Å². The van der Waals surface area contributed by atoms with Gasteiger partial charge in [0.2, 0.25) is 0 Å².